The largest absolute Gasteiger partial charge is 0.393 e. The van der Waals surface area contributed by atoms with Crippen LogP contribution in [-0.4, -0.2) is 31.4 Å². The average Bonchev–Trinajstić information content (AvgIpc) is 3.04. The summed E-state index contributed by atoms with van der Waals surface area (Å²) in [5, 5.41) is 28.6. The third-order valence-electron chi connectivity index (χ3n) is 3.06. The van der Waals surface area contributed by atoms with E-state index in [0.717, 1.165) is 6.20 Å². The Bertz CT molecular complexity index is 856. The van der Waals surface area contributed by atoms with Gasteiger partial charge in [-0.25, -0.2) is 4.79 Å². The molecule has 1 aromatic heterocycles. The number of non-ortho nitro benzene ring substituents is 1. The zero-order valence-electron chi connectivity index (χ0n) is 12.9. The van der Waals surface area contributed by atoms with Crippen molar-refractivity contribution in [3.63, 3.8) is 0 Å². The zero-order chi connectivity index (χ0) is 18.6. The highest BCUT2D eigenvalue weighted by molar-refractivity contribution is 5.98. The predicted molar refractivity (Wildman–Crippen MR) is 83.8 cm³/mol. The Morgan fingerprint density at radius 2 is 1.92 bits per heavy atom. The third-order valence-corrected chi connectivity index (χ3v) is 3.06. The topological polar surface area (TPSA) is 169 Å². The van der Waals surface area contributed by atoms with Crippen molar-refractivity contribution in [3.8, 4) is 0 Å². The van der Waals surface area contributed by atoms with Crippen LogP contribution in [0.25, 0.3) is 0 Å². The molecule has 25 heavy (non-hydrogen) atoms. The minimum absolute atomic E-state index is 0.144. The second kappa shape index (κ2) is 7.16. The second-order valence-corrected chi connectivity index (χ2v) is 4.64. The van der Waals surface area contributed by atoms with Crippen LogP contribution in [0.3, 0.4) is 0 Å². The molecule has 2 N–H and O–H groups in total. The van der Waals surface area contributed by atoms with Crippen molar-refractivity contribution >= 4 is 23.2 Å². The van der Waals surface area contributed by atoms with Gasteiger partial charge in [0.25, 0.3) is 5.69 Å². The van der Waals surface area contributed by atoms with Crippen molar-refractivity contribution in [2.24, 2.45) is 10.9 Å². The van der Waals surface area contributed by atoms with Crippen molar-refractivity contribution < 1.29 is 19.5 Å². The summed E-state index contributed by atoms with van der Waals surface area (Å²) in [6.07, 6.45) is 1.10. The van der Waals surface area contributed by atoms with Crippen LogP contribution in [0.1, 0.15) is 23.0 Å². The van der Waals surface area contributed by atoms with Gasteiger partial charge in [-0.2, -0.15) is 5.10 Å². The van der Waals surface area contributed by atoms with Crippen molar-refractivity contribution in [1.82, 2.24) is 9.78 Å². The molecule has 0 saturated heterocycles. The number of hydrogen-bond acceptors (Lipinski definition) is 8. The molecule has 0 aliphatic carbocycles. The minimum atomic E-state index is -1.15. The maximum absolute atomic E-state index is 11.9. The van der Waals surface area contributed by atoms with Crippen LogP contribution in [0.5, 0.6) is 0 Å². The fraction of sp³-hybridized carbons (Fsp3) is 0.154. The average molecular weight is 348 g/mol. The standard InChI is InChI=1S/C13H12N6O6/c1-2-17-7-10(19(23)24)11(15-17)13(20)25-16-12(14)8-3-5-9(6-4-8)18(21)22/h3-7H,2H2,1H3,(H2,14,16). The first-order valence-electron chi connectivity index (χ1n) is 6.85. The van der Waals surface area contributed by atoms with Gasteiger partial charge >= 0.3 is 11.7 Å². The number of rotatable bonds is 6. The fourth-order valence-electron chi connectivity index (χ4n) is 1.79. The van der Waals surface area contributed by atoms with Crippen molar-refractivity contribution in [2.75, 3.05) is 0 Å². The molecular formula is C13H12N6O6. The number of nitrogens with two attached hydrogens (primary N) is 1. The summed E-state index contributed by atoms with van der Waals surface area (Å²) in [7, 11) is 0. The van der Waals surface area contributed by atoms with E-state index in [1.165, 1.54) is 28.9 Å². The summed E-state index contributed by atoms with van der Waals surface area (Å²) in [6.45, 7) is 2.01. The highest BCUT2D eigenvalue weighted by Crippen LogP contribution is 2.18. The monoisotopic (exact) mass is 348 g/mol. The van der Waals surface area contributed by atoms with Gasteiger partial charge < -0.3 is 10.6 Å². The summed E-state index contributed by atoms with van der Waals surface area (Å²) in [5.41, 5.74) is 4.72. The first-order chi connectivity index (χ1) is 11.8. The molecule has 2 rings (SSSR count). The number of nitro groups is 2. The first-order valence-corrected chi connectivity index (χ1v) is 6.85. The molecule has 0 saturated carbocycles. The van der Waals surface area contributed by atoms with Gasteiger partial charge in [-0.05, 0) is 19.1 Å². The number of aryl methyl sites for hydroxylation is 1. The van der Waals surface area contributed by atoms with E-state index >= 15 is 0 Å². The number of nitro benzene ring substituents is 1. The highest BCUT2D eigenvalue weighted by Gasteiger charge is 2.27. The molecule has 0 atom stereocenters. The lowest BCUT2D eigenvalue weighted by atomic mass is 10.2. The van der Waals surface area contributed by atoms with Gasteiger partial charge in [-0.3, -0.25) is 24.9 Å². The van der Waals surface area contributed by atoms with Crippen LogP contribution in [0.15, 0.2) is 35.6 Å². The molecule has 1 heterocycles. The van der Waals surface area contributed by atoms with Gasteiger partial charge in [0.15, 0.2) is 5.84 Å². The first kappa shape index (κ1) is 17.5. The van der Waals surface area contributed by atoms with E-state index in [1.54, 1.807) is 6.92 Å². The van der Waals surface area contributed by atoms with Crippen LogP contribution in [0.4, 0.5) is 11.4 Å². The molecule has 0 bridgehead atoms. The molecule has 2 aromatic rings. The van der Waals surface area contributed by atoms with E-state index in [4.69, 9.17) is 5.73 Å². The normalized spacial score (nSPS) is 11.2. The maximum Gasteiger partial charge on any atom is 0.393 e. The Kier molecular flexibility index (Phi) is 5.02. The number of nitrogens with zero attached hydrogens (tertiary/aromatic N) is 5. The lowest BCUT2D eigenvalue weighted by Crippen LogP contribution is -2.16. The van der Waals surface area contributed by atoms with Crippen molar-refractivity contribution in [2.45, 2.75) is 13.5 Å². The van der Waals surface area contributed by atoms with Gasteiger partial charge in [0.2, 0.25) is 5.69 Å². The summed E-state index contributed by atoms with van der Waals surface area (Å²) in [5.74, 6) is -1.38. The molecule has 0 unspecified atom stereocenters. The van der Waals surface area contributed by atoms with E-state index < -0.39 is 27.2 Å². The van der Waals surface area contributed by atoms with Gasteiger partial charge in [0.05, 0.1) is 9.85 Å². The Balaban J connectivity index is 2.17. The van der Waals surface area contributed by atoms with Crippen molar-refractivity contribution in [3.05, 3.63) is 61.9 Å². The number of carbonyl (C=O) groups is 1. The number of carbonyl (C=O) groups excluding carboxylic acids is 1. The van der Waals surface area contributed by atoms with Crippen LogP contribution in [0.2, 0.25) is 0 Å². The van der Waals surface area contributed by atoms with Crippen LogP contribution in [0, 0.1) is 20.2 Å². The van der Waals surface area contributed by atoms with Gasteiger partial charge in [0, 0.05) is 24.2 Å². The molecular weight excluding hydrogens is 336 g/mol. The molecule has 0 aliphatic rings. The third kappa shape index (κ3) is 3.93. The zero-order valence-corrected chi connectivity index (χ0v) is 12.9. The van der Waals surface area contributed by atoms with Crippen molar-refractivity contribution in [1.29, 1.82) is 0 Å². The second-order valence-electron chi connectivity index (χ2n) is 4.64. The lowest BCUT2D eigenvalue weighted by Gasteiger charge is -2.00. The molecule has 0 aliphatic heterocycles. The van der Waals surface area contributed by atoms with E-state index in [0.29, 0.717) is 6.54 Å². The van der Waals surface area contributed by atoms with E-state index in [-0.39, 0.29) is 17.1 Å². The Morgan fingerprint density at radius 1 is 1.28 bits per heavy atom. The van der Waals surface area contributed by atoms with Gasteiger partial charge in [0.1, 0.15) is 6.20 Å². The number of aromatic nitrogens is 2. The molecule has 1 aromatic carbocycles. The van der Waals surface area contributed by atoms with E-state index in [2.05, 4.69) is 15.1 Å². The number of hydrogen-bond donors (Lipinski definition) is 1. The predicted octanol–water partition coefficient (Wildman–Crippen LogP) is 1.20. The molecule has 0 amide bonds. The maximum atomic E-state index is 11.9. The Labute approximate surface area is 139 Å². The molecule has 0 radical (unpaired) electrons. The molecule has 130 valence electrons. The van der Waals surface area contributed by atoms with Gasteiger partial charge in [-0.15, -0.1) is 0 Å². The quantitative estimate of drug-likeness (QED) is 0.267. The molecule has 12 nitrogen and oxygen atoms in total. The molecule has 0 fully saturated rings. The van der Waals surface area contributed by atoms with Crippen LogP contribution >= 0.6 is 0 Å². The number of amidine groups is 1. The Hall–Kier alpha value is -3.83. The lowest BCUT2D eigenvalue weighted by molar-refractivity contribution is -0.385. The minimum Gasteiger partial charge on any atom is -0.380 e. The summed E-state index contributed by atoms with van der Waals surface area (Å²) >= 11 is 0. The number of oxime groups is 1. The van der Waals surface area contributed by atoms with Gasteiger partial charge in [-0.1, -0.05) is 5.16 Å². The molecule has 0 spiro atoms. The Morgan fingerprint density at radius 3 is 2.44 bits per heavy atom. The number of benzene rings is 1. The van der Waals surface area contributed by atoms with Crippen LogP contribution < -0.4 is 5.73 Å². The summed E-state index contributed by atoms with van der Waals surface area (Å²) in [4.78, 5) is 36.7. The fourth-order valence-corrected chi connectivity index (χ4v) is 1.79. The SMILES string of the molecule is CCn1cc([N+](=O)[O-])c(C(=O)O/N=C(\N)c2ccc([N+](=O)[O-])cc2)n1. The summed E-state index contributed by atoms with van der Waals surface area (Å²) in [6, 6.07) is 5.04. The summed E-state index contributed by atoms with van der Waals surface area (Å²) < 4.78 is 1.21. The van der Waals surface area contributed by atoms with Crippen LogP contribution in [-0.2, 0) is 11.4 Å². The molecule has 12 heteroatoms. The van der Waals surface area contributed by atoms with E-state index in [1.807, 2.05) is 0 Å². The van der Waals surface area contributed by atoms with E-state index in [9.17, 15) is 25.0 Å². The highest BCUT2D eigenvalue weighted by atomic mass is 16.7. The smallest absolute Gasteiger partial charge is 0.380 e.